The van der Waals surface area contributed by atoms with Crippen LogP contribution in [-0.4, -0.2) is 14.2 Å². The molecule has 1 aromatic carbocycles. The van der Waals surface area contributed by atoms with Crippen molar-refractivity contribution in [3.05, 3.63) is 45.6 Å². The summed E-state index contributed by atoms with van der Waals surface area (Å²) in [5.41, 5.74) is 1.77. The van der Waals surface area contributed by atoms with Crippen molar-refractivity contribution in [3.63, 3.8) is 0 Å². The van der Waals surface area contributed by atoms with Gasteiger partial charge in [0.25, 0.3) is 10.0 Å². The number of Topliss-reactive ketones (excluding diaryl/α,β-unsaturated/α-hetero) is 1. The molecule has 1 aromatic heterocycles. The first-order chi connectivity index (χ1) is 9.31. The second kappa shape index (κ2) is 5.38. The number of nitrogens with one attached hydrogen (secondary N) is 1. The summed E-state index contributed by atoms with van der Waals surface area (Å²) in [6.07, 6.45) is 0. The third-order valence-electron chi connectivity index (χ3n) is 2.90. The third-order valence-corrected chi connectivity index (χ3v) is 5.20. The molecular formula is C14H15NO3S2. The number of aryl methyl sites for hydroxylation is 2. The van der Waals surface area contributed by atoms with Crippen molar-refractivity contribution in [3.8, 4) is 0 Å². The van der Waals surface area contributed by atoms with Crippen molar-refractivity contribution >= 4 is 32.8 Å². The number of thiophene rings is 1. The van der Waals surface area contributed by atoms with Gasteiger partial charge >= 0.3 is 0 Å². The van der Waals surface area contributed by atoms with Gasteiger partial charge in [0.15, 0.2) is 5.78 Å². The van der Waals surface area contributed by atoms with Gasteiger partial charge < -0.3 is 0 Å². The normalized spacial score (nSPS) is 11.3. The van der Waals surface area contributed by atoms with E-state index in [1.807, 2.05) is 6.92 Å². The average Bonchev–Trinajstić information content (AvgIpc) is 2.70. The maximum atomic E-state index is 12.3. The van der Waals surface area contributed by atoms with E-state index >= 15 is 0 Å². The van der Waals surface area contributed by atoms with Gasteiger partial charge in [0.1, 0.15) is 0 Å². The van der Waals surface area contributed by atoms with E-state index in [2.05, 4.69) is 4.72 Å². The second-order valence-corrected chi connectivity index (χ2v) is 7.32. The Hall–Kier alpha value is -1.66. The molecule has 0 amide bonds. The minimum absolute atomic E-state index is 0.148. The molecule has 0 saturated heterocycles. The quantitative estimate of drug-likeness (QED) is 0.881. The standard InChI is InChI=1S/C14H15NO3S2/c1-9-4-6-12(7-5-9)20(17,18)15-13-8-19-11(3)14(13)10(2)16/h4-8,15H,1-3H3. The van der Waals surface area contributed by atoms with E-state index < -0.39 is 10.0 Å². The van der Waals surface area contributed by atoms with E-state index in [1.54, 1.807) is 36.6 Å². The molecule has 0 aliphatic rings. The van der Waals surface area contributed by atoms with E-state index in [-0.39, 0.29) is 10.7 Å². The van der Waals surface area contributed by atoms with Gasteiger partial charge in [0.05, 0.1) is 16.1 Å². The molecule has 106 valence electrons. The highest BCUT2D eigenvalue weighted by molar-refractivity contribution is 7.92. The van der Waals surface area contributed by atoms with Crippen molar-refractivity contribution in [2.75, 3.05) is 4.72 Å². The van der Waals surface area contributed by atoms with Crippen LogP contribution in [0.15, 0.2) is 34.5 Å². The largest absolute Gasteiger partial charge is 0.294 e. The van der Waals surface area contributed by atoms with Gasteiger partial charge in [0, 0.05) is 10.3 Å². The van der Waals surface area contributed by atoms with E-state index in [0.717, 1.165) is 10.4 Å². The Labute approximate surface area is 122 Å². The van der Waals surface area contributed by atoms with Crippen LogP contribution in [0, 0.1) is 13.8 Å². The Kier molecular flexibility index (Phi) is 3.96. The van der Waals surface area contributed by atoms with Crippen LogP contribution in [0.25, 0.3) is 0 Å². The van der Waals surface area contributed by atoms with E-state index in [4.69, 9.17) is 0 Å². The number of sulfonamides is 1. The highest BCUT2D eigenvalue weighted by atomic mass is 32.2. The molecule has 0 fully saturated rings. The summed E-state index contributed by atoms with van der Waals surface area (Å²) in [6.45, 7) is 5.11. The minimum atomic E-state index is -3.67. The Bertz CT molecular complexity index is 743. The van der Waals surface area contributed by atoms with Gasteiger partial charge in [-0.25, -0.2) is 8.42 Å². The molecule has 4 nitrogen and oxygen atoms in total. The summed E-state index contributed by atoms with van der Waals surface area (Å²) < 4.78 is 27.0. The zero-order chi connectivity index (χ0) is 14.9. The number of rotatable bonds is 4. The lowest BCUT2D eigenvalue weighted by atomic mass is 10.2. The zero-order valence-corrected chi connectivity index (χ0v) is 13.1. The lowest BCUT2D eigenvalue weighted by molar-refractivity contribution is 0.101. The Balaban J connectivity index is 2.38. The molecule has 0 bridgehead atoms. The van der Waals surface area contributed by atoms with Gasteiger partial charge in [-0.05, 0) is 32.9 Å². The molecular weight excluding hydrogens is 294 g/mol. The van der Waals surface area contributed by atoms with Crippen molar-refractivity contribution < 1.29 is 13.2 Å². The number of hydrogen-bond donors (Lipinski definition) is 1. The van der Waals surface area contributed by atoms with E-state index in [0.29, 0.717) is 11.3 Å². The van der Waals surface area contributed by atoms with Crippen LogP contribution in [0.1, 0.15) is 27.7 Å². The van der Waals surface area contributed by atoms with Crippen molar-refractivity contribution in [2.24, 2.45) is 0 Å². The molecule has 0 atom stereocenters. The number of anilines is 1. The van der Waals surface area contributed by atoms with Crippen molar-refractivity contribution in [1.29, 1.82) is 0 Å². The first kappa shape index (κ1) is 14.7. The molecule has 0 aliphatic heterocycles. The van der Waals surface area contributed by atoms with E-state index in [1.165, 1.54) is 18.3 Å². The van der Waals surface area contributed by atoms with Crippen LogP contribution in [0.2, 0.25) is 0 Å². The molecule has 0 unspecified atom stereocenters. The monoisotopic (exact) mass is 309 g/mol. The molecule has 2 aromatic rings. The SMILES string of the molecule is CC(=O)c1c(NS(=O)(=O)c2ccc(C)cc2)csc1C. The topological polar surface area (TPSA) is 63.2 Å². The van der Waals surface area contributed by atoms with Gasteiger partial charge in [-0.1, -0.05) is 17.7 Å². The second-order valence-electron chi connectivity index (χ2n) is 4.56. The highest BCUT2D eigenvalue weighted by Gasteiger charge is 2.19. The minimum Gasteiger partial charge on any atom is -0.294 e. The molecule has 0 saturated carbocycles. The predicted molar refractivity (Wildman–Crippen MR) is 81.0 cm³/mol. The van der Waals surface area contributed by atoms with Crippen LogP contribution in [-0.2, 0) is 10.0 Å². The molecule has 6 heteroatoms. The lowest BCUT2D eigenvalue weighted by Crippen LogP contribution is -2.14. The fourth-order valence-electron chi connectivity index (χ4n) is 1.89. The van der Waals surface area contributed by atoms with Gasteiger partial charge in [-0.2, -0.15) is 0 Å². The Morgan fingerprint density at radius 1 is 1.15 bits per heavy atom. The smallest absolute Gasteiger partial charge is 0.261 e. The summed E-state index contributed by atoms with van der Waals surface area (Å²) in [5.74, 6) is -0.148. The predicted octanol–water partition coefficient (Wildman–Crippen LogP) is 3.37. The van der Waals surface area contributed by atoms with Crippen molar-refractivity contribution in [1.82, 2.24) is 0 Å². The summed E-state index contributed by atoms with van der Waals surface area (Å²) in [4.78, 5) is 12.6. The molecule has 1 N–H and O–H groups in total. The van der Waals surface area contributed by atoms with Gasteiger partial charge in [0.2, 0.25) is 0 Å². The van der Waals surface area contributed by atoms with Crippen LogP contribution in [0.3, 0.4) is 0 Å². The number of hydrogen-bond acceptors (Lipinski definition) is 4. The van der Waals surface area contributed by atoms with Gasteiger partial charge in [-0.15, -0.1) is 11.3 Å². The summed E-state index contributed by atoms with van der Waals surface area (Å²) in [7, 11) is -3.67. The zero-order valence-electron chi connectivity index (χ0n) is 11.4. The molecule has 1 heterocycles. The highest BCUT2D eigenvalue weighted by Crippen LogP contribution is 2.29. The summed E-state index contributed by atoms with van der Waals surface area (Å²) >= 11 is 1.35. The molecule has 2 rings (SSSR count). The Morgan fingerprint density at radius 2 is 1.75 bits per heavy atom. The van der Waals surface area contributed by atoms with Crippen LogP contribution in [0.4, 0.5) is 5.69 Å². The van der Waals surface area contributed by atoms with Crippen LogP contribution < -0.4 is 4.72 Å². The maximum absolute atomic E-state index is 12.3. The first-order valence-corrected chi connectivity index (χ1v) is 8.36. The summed E-state index contributed by atoms with van der Waals surface area (Å²) in [5, 5.41) is 1.65. The van der Waals surface area contributed by atoms with Crippen LogP contribution in [0.5, 0.6) is 0 Å². The lowest BCUT2D eigenvalue weighted by Gasteiger charge is -2.08. The molecule has 0 radical (unpaired) electrons. The Morgan fingerprint density at radius 3 is 2.30 bits per heavy atom. The number of carbonyl (C=O) groups excluding carboxylic acids is 1. The fraction of sp³-hybridized carbons (Fsp3) is 0.214. The molecule has 20 heavy (non-hydrogen) atoms. The fourth-order valence-corrected chi connectivity index (χ4v) is 3.87. The molecule has 0 spiro atoms. The number of ketones is 1. The van der Waals surface area contributed by atoms with Crippen LogP contribution >= 0.6 is 11.3 Å². The third kappa shape index (κ3) is 2.91. The van der Waals surface area contributed by atoms with Gasteiger partial charge in [-0.3, -0.25) is 9.52 Å². The maximum Gasteiger partial charge on any atom is 0.261 e. The summed E-state index contributed by atoms with van der Waals surface area (Å²) in [6, 6.07) is 6.56. The average molecular weight is 309 g/mol. The number of carbonyl (C=O) groups is 1. The van der Waals surface area contributed by atoms with Crippen molar-refractivity contribution in [2.45, 2.75) is 25.7 Å². The number of benzene rings is 1. The van der Waals surface area contributed by atoms with E-state index in [9.17, 15) is 13.2 Å². The first-order valence-electron chi connectivity index (χ1n) is 6.00. The molecule has 0 aliphatic carbocycles.